The highest BCUT2D eigenvalue weighted by Gasteiger charge is 2.36. The van der Waals surface area contributed by atoms with Crippen LogP contribution in [-0.4, -0.2) is 50.4 Å². The highest BCUT2D eigenvalue weighted by molar-refractivity contribution is 7.98. The molecule has 0 spiro atoms. The standard InChI is InChI=1S/C18H21NO4S/c1-12-16(18(21)23-3)15(17(20)19(12)9-10-22-2)11-13-5-7-14(24-4)8-6-13/h5-8,11H,9-10H2,1-4H3/b15-11-. The molecule has 0 atom stereocenters. The molecule has 5 nitrogen and oxygen atoms in total. The number of methoxy groups -OCH3 is 2. The molecule has 1 aromatic rings. The van der Waals surface area contributed by atoms with Gasteiger partial charge in [0.25, 0.3) is 5.91 Å². The predicted molar refractivity (Wildman–Crippen MR) is 94.5 cm³/mol. The molecule has 0 radical (unpaired) electrons. The number of nitrogens with zero attached hydrogens (tertiary/aromatic N) is 1. The van der Waals surface area contributed by atoms with Gasteiger partial charge in [-0.1, -0.05) is 12.1 Å². The van der Waals surface area contributed by atoms with Crippen LogP contribution in [0.3, 0.4) is 0 Å². The zero-order chi connectivity index (χ0) is 17.7. The van der Waals surface area contributed by atoms with Crippen molar-refractivity contribution in [2.45, 2.75) is 11.8 Å². The van der Waals surface area contributed by atoms with E-state index in [1.54, 1.807) is 36.8 Å². The lowest BCUT2D eigenvalue weighted by Gasteiger charge is -2.16. The average molecular weight is 347 g/mol. The summed E-state index contributed by atoms with van der Waals surface area (Å²) in [5.41, 5.74) is 2.12. The van der Waals surface area contributed by atoms with Crippen molar-refractivity contribution in [2.24, 2.45) is 0 Å². The maximum absolute atomic E-state index is 12.7. The summed E-state index contributed by atoms with van der Waals surface area (Å²) in [6, 6.07) is 7.81. The summed E-state index contributed by atoms with van der Waals surface area (Å²) in [5.74, 6) is -0.716. The Bertz CT molecular complexity index is 691. The molecule has 0 N–H and O–H groups in total. The lowest BCUT2D eigenvalue weighted by Crippen LogP contribution is -2.28. The van der Waals surface area contributed by atoms with E-state index in [-0.39, 0.29) is 5.91 Å². The highest BCUT2D eigenvalue weighted by Crippen LogP contribution is 2.31. The number of rotatable bonds is 6. The summed E-state index contributed by atoms with van der Waals surface area (Å²) in [6.07, 6.45) is 3.73. The number of allylic oxidation sites excluding steroid dienone is 1. The van der Waals surface area contributed by atoms with Gasteiger partial charge < -0.3 is 14.4 Å². The van der Waals surface area contributed by atoms with Gasteiger partial charge in [0.05, 0.1) is 24.9 Å². The minimum absolute atomic E-state index is 0.209. The molecule has 6 heteroatoms. The van der Waals surface area contributed by atoms with Gasteiger partial charge in [-0.25, -0.2) is 4.79 Å². The second kappa shape index (κ2) is 8.17. The SMILES string of the molecule is COCCN1C(=O)/C(=C\c2ccc(SC)cc2)C(C(=O)OC)=C1C. The summed E-state index contributed by atoms with van der Waals surface area (Å²) in [6.45, 7) is 2.54. The molecule has 1 aromatic carbocycles. The number of benzene rings is 1. The average Bonchev–Trinajstić information content (AvgIpc) is 2.83. The van der Waals surface area contributed by atoms with Crippen LogP contribution < -0.4 is 0 Å². The molecule has 1 amide bonds. The van der Waals surface area contributed by atoms with Crippen LogP contribution in [0.4, 0.5) is 0 Å². The Labute approximate surface area is 146 Å². The van der Waals surface area contributed by atoms with E-state index < -0.39 is 5.97 Å². The van der Waals surface area contributed by atoms with Crippen LogP contribution in [0.5, 0.6) is 0 Å². The van der Waals surface area contributed by atoms with E-state index in [1.165, 1.54) is 7.11 Å². The summed E-state index contributed by atoms with van der Waals surface area (Å²) < 4.78 is 9.91. The van der Waals surface area contributed by atoms with Gasteiger partial charge in [-0.05, 0) is 37.0 Å². The Morgan fingerprint density at radius 2 is 1.92 bits per heavy atom. The predicted octanol–water partition coefficient (Wildman–Crippen LogP) is 2.73. The number of thioether (sulfide) groups is 1. The van der Waals surface area contributed by atoms with Gasteiger partial charge in [0.15, 0.2) is 0 Å². The topological polar surface area (TPSA) is 55.8 Å². The maximum Gasteiger partial charge on any atom is 0.340 e. The minimum Gasteiger partial charge on any atom is -0.465 e. The van der Waals surface area contributed by atoms with Crippen molar-refractivity contribution in [1.82, 2.24) is 4.90 Å². The summed E-state index contributed by atoms with van der Waals surface area (Å²) in [5, 5.41) is 0. The fourth-order valence-corrected chi connectivity index (χ4v) is 2.96. The number of esters is 1. The number of hydrogen-bond acceptors (Lipinski definition) is 5. The Morgan fingerprint density at radius 3 is 2.46 bits per heavy atom. The van der Waals surface area contributed by atoms with Crippen molar-refractivity contribution in [3.63, 3.8) is 0 Å². The van der Waals surface area contributed by atoms with E-state index >= 15 is 0 Å². The number of hydrogen-bond donors (Lipinski definition) is 0. The van der Waals surface area contributed by atoms with Crippen LogP contribution in [0.1, 0.15) is 12.5 Å². The van der Waals surface area contributed by atoms with Crippen LogP contribution in [0.15, 0.2) is 46.0 Å². The van der Waals surface area contributed by atoms with E-state index in [1.807, 2.05) is 30.5 Å². The minimum atomic E-state index is -0.507. The van der Waals surface area contributed by atoms with Crippen molar-refractivity contribution in [3.8, 4) is 0 Å². The summed E-state index contributed by atoms with van der Waals surface area (Å²) >= 11 is 1.65. The van der Waals surface area contributed by atoms with E-state index in [2.05, 4.69) is 0 Å². The maximum atomic E-state index is 12.7. The third-order valence-corrected chi connectivity index (χ3v) is 4.59. The first-order valence-electron chi connectivity index (χ1n) is 7.49. The van der Waals surface area contributed by atoms with Crippen LogP contribution in [0, 0.1) is 0 Å². The third kappa shape index (κ3) is 3.71. The van der Waals surface area contributed by atoms with Gasteiger partial charge in [0.2, 0.25) is 0 Å². The normalized spacial score (nSPS) is 16.2. The van der Waals surface area contributed by atoms with Crippen LogP contribution in [0.2, 0.25) is 0 Å². The van der Waals surface area contributed by atoms with Gasteiger partial charge in [-0.3, -0.25) is 4.79 Å². The molecule has 128 valence electrons. The van der Waals surface area contributed by atoms with Gasteiger partial charge in [-0.15, -0.1) is 11.8 Å². The van der Waals surface area contributed by atoms with Gasteiger partial charge in [-0.2, -0.15) is 0 Å². The van der Waals surface area contributed by atoms with Crippen molar-refractivity contribution < 1.29 is 19.1 Å². The number of carbonyl (C=O) groups excluding carboxylic acids is 2. The molecule has 0 aliphatic carbocycles. The molecule has 0 fully saturated rings. The van der Waals surface area contributed by atoms with E-state index in [4.69, 9.17) is 9.47 Å². The first kappa shape index (κ1) is 18.3. The third-order valence-electron chi connectivity index (χ3n) is 3.85. The summed E-state index contributed by atoms with van der Waals surface area (Å²) in [4.78, 5) is 27.6. The fourth-order valence-electron chi connectivity index (χ4n) is 2.55. The number of carbonyl (C=O) groups is 2. The van der Waals surface area contributed by atoms with Gasteiger partial charge in [0.1, 0.15) is 0 Å². The first-order valence-corrected chi connectivity index (χ1v) is 8.72. The van der Waals surface area contributed by atoms with Crippen LogP contribution >= 0.6 is 11.8 Å². The lowest BCUT2D eigenvalue weighted by atomic mass is 10.0. The molecule has 0 aromatic heterocycles. The molecule has 1 aliphatic heterocycles. The summed E-state index contributed by atoms with van der Waals surface area (Å²) in [7, 11) is 2.89. The monoisotopic (exact) mass is 347 g/mol. The smallest absolute Gasteiger partial charge is 0.340 e. The lowest BCUT2D eigenvalue weighted by molar-refractivity contribution is -0.136. The molecule has 1 aliphatic rings. The van der Waals surface area contributed by atoms with Crippen molar-refractivity contribution in [3.05, 3.63) is 46.7 Å². The van der Waals surface area contributed by atoms with E-state index in [9.17, 15) is 9.59 Å². The second-order valence-electron chi connectivity index (χ2n) is 5.23. The molecule has 0 bridgehead atoms. The van der Waals surface area contributed by atoms with Gasteiger partial charge >= 0.3 is 5.97 Å². The van der Waals surface area contributed by atoms with Crippen LogP contribution in [0.25, 0.3) is 6.08 Å². The first-order chi connectivity index (χ1) is 11.5. The molecule has 0 unspecified atom stereocenters. The zero-order valence-electron chi connectivity index (χ0n) is 14.3. The van der Waals surface area contributed by atoms with Crippen LogP contribution in [-0.2, 0) is 19.1 Å². The molecule has 2 rings (SSSR count). The Balaban J connectivity index is 2.43. The molecule has 0 saturated heterocycles. The molecule has 0 saturated carbocycles. The van der Waals surface area contributed by atoms with E-state index in [0.29, 0.717) is 30.0 Å². The largest absolute Gasteiger partial charge is 0.465 e. The Kier molecular flexibility index (Phi) is 6.23. The number of amides is 1. The Hall–Kier alpha value is -2.05. The quantitative estimate of drug-likeness (QED) is 0.450. The molecular formula is C18H21NO4S. The Morgan fingerprint density at radius 1 is 1.25 bits per heavy atom. The van der Waals surface area contributed by atoms with Crippen molar-refractivity contribution in [2.75, 3.05) is 33.6 Å². The van der Waals surface area contributed by atoms with E-state index in [0.717, 1.165) is 10.5 Å². The second-order valence-corrected chi connectivity index (χ2v) is 6.11. The highest BCUT2D eigenvalue weighted by atomic mass is 32.2. The van der Waals surface area contributed by atoms with Crippen molar-refractivity contribution in [1.29, 1.82) is 0 Å². The number of ether oxygens (including phenoxy) is 2. The molecular weight excluding hydrogens is 326 g/mol. The van der Waals surface area contributed by atoms with Gasteiger partial charge in [0, 0.05) is 24.2 Å². The van der Waals surface area contributed by atoms with Crippen molar-refractivity contribution >= 4 is 29.7 Å². The molecule has 24 heavy (non-hydrogen) atoms. The fraction of sp³-hybridized carbons (Fsp3) is 0.333. The zero-order valence-corrected chi connectivity index (χ0v) is 15.1. The molecule has 1 heterocycles.